The third-order valence-corrected chi connectivity index (χ3v) is 6.10. The minimum atomic E-state index is -0.413. The molecule has 3 aromatic rings. The van der Waals surface area contributed by atoms with E-state index in [1.807, 2.05) is 65.7 Å². The fourth-order valence-electron chi connectivity index (χ4n) is 4.24. The molecule has 32 heavy (non-hydrogen) atoms. The minimum absolute atomic E-state index is 0.00708. The molecule has 0 radical (unpaired) electrons. The molecule has 2 atom stereocenters. The van der Waals surface area contributed by atoms with E-state index in [4.69, 9.17) is 35.6 Å². The quantitative estimate of drug-likeness (QED) is 0.505. The third kappa shape index (κ3) is 3.50. The van der Waals surface area contributed by atoms with Crippen LogP contribution in [-0.4, -0.2) is 32.0 Å². The van der Waals surface area contributed by atoms with Crippen LogP contribution >= 0.6 is 11.6 Å². The van der Waals surface area contributed by atoms with E-state index < -0.39 is 6.23 Å². The maximum atomic E-state index is 6.42. The molecule has 2 heterocycles. The maximum absolute atomic E-state index is 6.42. The van der Waals surface area contributed by atoms with Crippen molar-refractivity contribution in [2.45, 2.75) is 18.7 Å². The highest BCUT2D eigenvalue weighted by Crippen LogP contribution is 2.49. The lowest BCUT2D eigenvalue weighted by Gasteiger charge is -2.38. The topological polar surface area (TPSA) is 52.5 Å². The summed E-state index contributed by atoms with van der Waals surface area (Å²) >= 11 is 6.32. The number of methoxy groups -OCH3 is 3. The Kier molecular flexibility index (Phi) is 5.31. The van der Waals surface area contributed by atoms with E-state index in [9.17, 15) is 0 Å². The molecule has 0 bridgehead atoms. The highest BCUT2D eigenvalue weighted by atomic mass is 35.5. The first kappa shape index (κ1) is 20.5. The summed E-state index contributed by atoms with van der Waals surface area (Å²) in [4.78, 5) is 0. The Bertz CT molecular complexity index is 1180. The van der Waals surface area contributed by atoms with Crippen LogP contribution in [0.5, 0.6) is 23.0 Å². The fraction of sp³-hybridized carbons (Fsp3) is 0.240. The summed E-state index contributed by atoms with van der Waals surface area (Å²) in [7, 11) is 4.91. The molecule has 2 aliphatic heterocycles. The average molecular weight is 451 g/mol. The predicted octanol–water partition coefficient (Wildman–Crippen LogP) is 5.61. The number of fused-ring (bicyclic) bond motifs is 3. The number of ether oxygens (including phenoxy) is 4. The second kappa shape index (κ2) is 8.28. The van der Waals surface area contributed by atoms with Crippen LogP contribution in [0.15, 0.2) is 65.8 Å². The number of rotatable bonds is 5. The van der Waals surface area contributed by atoms with Crippen LogP contribution in [0, 0.1) is 0 Å². The maximum Gasteiger partial charge on any atom is 0.214 e. The Balaban J connectivity index is 1.58. The molecule has 0 fully saturated rings. The van der Waals surface area contributed by atoms with Crippen LogP contribution in [0.1, 0.15) is 35.4 Å². The van der Waals surface area contributed by atoms with Crippen LogP contribution in [0.4, 0.5) is 0 Å². The Hall–Kier alpha value is -3.38. The molecule has 7 heteroatoms. The first-order chi connectivity index (χ1) is 15.6. The summed E-state index contributed by atoms with van der Waals surface area (Å²) in [5.41, 5.74) is 3.99. The van der Waals surface area contributed by atoms with Crippen molar-refractivity contribution in [1.82, 2.24) is 5.01 Å². The van der Waals surface area contributed by atoms with Crippen LogP contribution in [0.2, 0.25) is 5.02 Å². The van der Waals surface area contributed by atoms with Crippen molar-refractivity contribution < 1.29 is 18.9 Å². The van der Waals surface area contributed by atoms with Gasteiger partial charge in [-0.25, -0.2) is 5.01 Å². The van der Waals surface area contributed by atoms with Gasteiger partial charge in [-0.1, -0.05) is 11.6 Å². The van der Waals surface area contributed by atoms with Gasteiger partial charge in [0.15, 0.2) is 11.5 Å². The normalized spacial score (nSPS) is 18.9. The zero-order valence-corrected chi connectivity index (χ0v) is 18.8. The molecule has 0 spiro atoms. The molecule has 0 aromatic heterocycles. The molecule has 0 unspecified atom stereocenters. The SMILES string of the molecule is COc1ccc(C2=NN3[C@@H](c4ccc(OC)c(OC)c4)Oc4ccc(Cl)cc4[C@@H]3C2)cc1. The Labute approximate surface area is 191 Å². The van der Waals surface area contributed by atoms with Gasteiger partial charge >= 0.3 is 0 Å². The number of hydrogen-bond donors (Lipinski definition) is 0. The third-order valence-electron chi connectivity index (χ3n) is 5.87. The first-order valence-corrected chi connectivity index (χ1v) is 10.7. The lowest BCUT2D eigenvalue weighted by atomic mass is 9.96. The van der Waals surface area contributed by atoms with Crippen molar-refractivity contribution in [2.75, 3.05) is 21.3 Å². The van der Waals surface area contributed by atoms with Gasteiger partial charge in [-0.2, -0.15) is 5.10 Å². The molecular weight excluding hydrogens is 428 g/mol. The Morgan fingerprint density at radius 1 is 0.906 bits per heavy atom. The molecule has 6 nitrogen and oxygen atoms in total. The molecule has 0 saturated carbocycles. The monoisotopic (exact) mass is 450 g/mol. The van der Waals surface area contributed by atoms with Gasteiger partial charge in [0, 0.05) is 22.6 Å². The van der Waals surface area contributed by atoms with Gasteiger partial charge in [-0.3, -0.25) is 0 Å². The molecule has 0 saturated heterocycles. The Morgan fingerprint density at radius 3 is 2.41 bits per heavy atom. The van der Waals surface area contributed by atoms with Crippen LogP contribution in [-0.2, 0) is 0 Å². The van der Waals surface area contributed by atoms with Crippen molar-refractivity contribution >= 4 is 17.3 Å². The highest BCUT2D eigenvalue weighted by Gasteiger charge is 2.41. The lowest BCUT2D eigenvalue weighted by molar-refractivity contribution is -0.0191. The second-order valence-corrected chi connectivity index (χ2v) is 8.08. The van der Waals surface area contributed by atoms with Crippen molar-refractivity contribution in [2.24, 2.45) is 5.10 Å². The summed E-state index contributed by atoms with van der Waals surface area (Å²) in [6, 6.07) is 19.5. The summed E-state index contributed by atoms with van der Waals surface area (Å²) in [6.07, 6.45) is 0.330. The van der Waals surface area contributed by atoms with Crippen molar-refractivity contribution in [1.29, 1.82) is 0 Å². The summed E-state index contributed by atoms with van der Waals surface area (Å²) in [5, 5.41) is 7.68. The van der Waals surface area contributed by atoms with Gasteiger partial charge in [0.1, 0.15) is 11.5 Å². The molecule has 0 N–H and O–H groups in total. The smallest absolute Gasteiger partial charge is 0.214 e. The van der Waals surface area contributed by atoms with Crippen LogP contribution in [0.3, 0.4) is 0 Å². The summed E-state index contributed by atoms with van der Waals surface area (Å²) in [5.74, 6) is 2.93. The summed E-state index contributed by atoms with van der Waals surface area (Å²) in [6.45, 7) is 0. The predicted molar refractivity (Wildman–Crippen MR) is 123 cm³/mol. The van der Waals surface area contributed by atoms with E-state index in [1.165, 1.54) is 0 Å². The summed E-state index contributed by atoms with van der Waals surface area (Å²) < 4.78 is 22.6. The van der Waals surface area contributed by atoms with E-state index in [2.05, 4.69) is 0 Å². The molecule has 0 aliphatic carbocycles. The number of halogens is 1. The zero-order valence-electron chi connectivity index (χ0n) is 18.0. The molecule has 0 amide bonds. The first-order valence-electron chi connectivity index (χ1n) is 10.3. The van der Waals surface area contributed by atoms with Crippen LogP contribution in [0.25, 0.3) is 0 Å². The van der Waals surface area contributed by atoms with E-state index in [1.54, 1.807) is 21.3 Å². The van der Waals surface area contributed by atoms with Gasteiger partial charge in [0.25, 0.3) is 0 Å². The van der Waals surface area contributed by atoms with E-state index in [0.29, 0.717) is 16.5 Å². The standard InChI is InChI=1S/C25H23ClN2O4/c1-29-18-8-4-15(5-9-18)20-14-21-19-13-17(26)7-11-22(19)32-25(28(21)27-20)16-6-10-23(30-2)24(12-16)31-3/h4-13,21,25H,14H2,1-3H3/t21-,25+/m0/s1. The highest BCUT2D eigenvalue weighted by molar-refractivity contribution is 6.30. The molecule has 164 valence electrons. The largest absolute Gasteiger partial charge is 0.497 e. The molecule has 5 rings (SSSR count). The minimum Gasteiger partial charge on any atom is -0.497 e. The molecule has 2 aliphatic rings. The lowest BCUT2D eigenvalue weighted by Crippen LogP contribution is -2.33. The molecular formula is C25H23ClN2O4. The Morgan fingerprint density at radius 2 is 1.69 bits per heavy atom. The van der Waals surface area contributed by atoms with Gasteiger partial charge < -0.3 is 18.9 Å². The van der Waals surface area contributed by atoms with E-state index >= 15 is 0 Å². The van der Waals surface area contributed by atoms with Gasteiger partial charge in [-0.05, 0) is 66.2 Å². The van der Waals surface area contributed by atoms with Crippen LogP contribution < -0.4 is 18.9 Å². The fourth-order valence-corrected chi connectivity index (χ4v) is 4.42. The van der Waals surface area contributed by atoms with E-state index in [0.717, 1.165) is 40.3 Å². The zero-order chi connectivity index (χ0) is 22.2. The number of nitrogens with zero attached hydrogens (tertiary/aromatic N) is 2. The van der Waals surface area contributed by atoms with Crippen molar-refractivity contribution in [3.8, 4) is 23.0 Å². The second-order valence-electron chi connectivity index (χ2n) is 7.64. The van der Waals surface area contributed by atoms with E-state index in [-0.39, 0.29) is 6.04 Å². The number of hydrazone groups is 1. The molecule has 3 aromatic carbocycles. The van der Waals surface area contributed by atoms with Gasteiger partial charge in [0.2, 0.25) is 6.23 Å². The van der Waals surface area contributed by atoms with Crippen molar-refractivity contribution in [3.05, 3.63) is 82.4 Å². The van der Waals surface area contributed by atoms with Gasteiger partial charge in [0.05, 0.1) is 33.1 Å². The number of benzene rings is 3. The number of hydrogen-bond acceptors (Lipinski definition) is 6. The van der Waals surface area contributed by atoms with Gasteiger partial charge in [-0.15, -0.1) is 0 Å². The average Bonchev–Trinajstić information content (AvgIpc) is 3.29. The van der Waals surface area contributed by atoms with Crippen molar-refractivity contribution in [3.63, 3.8) is 0 Å².